The topological polar surface area (TPSA) is 55.5 Å². The first-order valence-electron chi connectivity index (χ1n) is 5.19. The average Bonchev–Trinajstić information content (AvgIpc) is 2.21. The summed E-state index contributed by atoms with van der Waals surface area (Å²) in [6.07, 6.45) is 0.611. The van der Waals surface area contributed by atoms with Crippen LogP contribution in [0.5, 0.6) is 5.75 Å². The van der Waals surface area contributed by atoms with Gasteiger partial charge in [-0.05, 0) is 31.9 Å². The molecule has 0 radical (unpaired) electrons. The molecule has 1 aromatic rings. The van der Waals surface area contributed by atoms with Gasteiger partial charge in [-0.15, -0.1) is 0 Å². The molecule has 0 saturated heterocycles. The molecule has 0 aliphatic carbocycles. The van der Waals surface area contributed by atoms with E-state index in [1.54, 1.807) is 0 Å². The number of aliphatic hydroxyl groups is 1. The first-order chi connectivity index (χ1) is 7.09. The van der Waals surface area contributed by atoms with Crippen molar-refractivity contribution < 1.29 is 9.84 Å². The van der Waals surface area contributed by atoms with Gasteiger partial charge in [-0.25, -0.2) is 0 Å². The van der Waals surface area contributed by atoms with Crippen LogP contribution < -0.4 is 10.5 Å². The fourth-order valence-electron chi connectivity index (χ4n) is 1.44. The smallest absolute Gasteiger partial charge is 0.122 e. The highest BCUT2D eigenvalue weighted by Gasteiger charge is 2.19. The summed E-state index contributed by atoms with van der Waals surface area (Å²) in [5.41, 5.74) is 6.36. The van der Waals surface area contributed by atoms with Crippen LogP contribution in [0.15, 0.2) is 24.3 Å². The molecule has 3 N–H and O–H groups in total. The summed E-state index contributed by atoms with van der Waals surface area (Å²) >= 11 is 0. The van der Waals surface area contributed by atoms with Crippen LogP contribution in [0.1, 0.15) is 19.4 Å². The largest absolute Gasteiger partial charge is 0.494 e. The third-order valence-electron chi connectivity index (χ3n) is 2.23. The average molecular weight is 209 g/mol. The van der Waals surface area contributed by atoms with Gasteiger partial charge in [0.15, 0.2) is 0 Å². The SMILES string of the molecule is CCOc1ccccc1CC(C)(N)CO. The third-order valence-corrected chi connectivity index (χ3v) is 2.23. The van der Waals surface area contributed by atoms with Gasteiger partial charge < -0.3 is 15.6 Å². The molecule has 0 aliphatic rings. The van der Waals surface area contributed by atoms with Gasteiger partial charge in [-0.1, -0.05) is 18.2 Å². The molecule has 0 aromatic heterocycles. The Morgan fingerprint density at radius 2 is 2.07 bits per heavy atom. The molecule has 1 aromatic carbocycles. The second-order valence-electron chi connectivity index (χ2n) is 4.03. The molecule has 1 atom stereocenters. The fourth-order valence-corrected chi connectivity index (χ4v) is 1.44. The van der Waals surface area contributed by atoms with Crippen molar-refractivity contribution in [3.05, 3.63) is 29.8 Å². The van der Waals surface area contributed by atoms with Gasteiger partial charge in [0.1, 0.15) is 5.75 Å². The van der Waals surface area contributed by atoms with Crippen LogP contribution in [-0.4, -0.2) is 23.9 Å². The molecular formula is C12H19NO2. The zero-order valence-corrected chi connectivity index (χ0v) is 9.36. The van der Waals surface area contributed by atoms with Crippen molar-refractivity contribution in [3.63, 3.8) is 0 Å². The summed E-state index contributed by atoms with van der Waals surface area (Å²) in [4.78, 5) is 0. The van der Waals surface area contributed by atoms with Gasteiger partial charge in [-0.3, -0.25) is 0 Å². The maximum absolute atomic E-state index is 9.11. The Balaban J connectivity index is 2.84. The second-order valence-corrected chi connectivity index (χ2v) is 4.03. The summed E-state index contributed by atoms with van der Waals surface area (Å²) in [5, 5.41) is 9.11. The van der Waals surface area contributed by atoms with Crippen molar-refractivity contribution in [1.29, 1.82) is 0 Å². The first-order valence-corrected chi connectivity index (χ1v) is 5.19. The van der Waals surface area contributed by atoms with Crippen LogP contribution in [0.4, 0.5) is 0 Å². The first kappa shape index (κ1) is 12.0. The van der Waals surface area contributed by atoms with Gasteiger partial charge in [0.05, 0.1) is 13.2 Å². The zero-order valence-electron chi connectivity index (χ0n) is 9.36. The van der Waals surface area contributed by atoms with Gasteiger partial charge in [0.25, 0.3) is 0 Å². The predicted molar refractivity (Wildman–Crippen MR) is 61.0 cm³/mol. The van der Waals surface area contributed by atoms with Gasteiger partial charge in [0.2, 0.25) is 0 Å². The maximum Gasteiger partial charge on any atom is 0.122 e. The lowest BCUT2D eigenvalue weighted by Crippen LogP contribution is -2.42. The molecule has 84 valence electrons. The van der Waals surface area contributed by atoms with Crippen LogP contribution in [0.2, 0.25) is 0 Å². The molecule has 0 spiro atoms. The number of nitrogens with two attached hydrogens (primary N) is 1. The molecule has 3 nitrogen and oxygen atoms in total. The van der Waals surface area contributed by atoms with Gasteiger partial charge in [-0.2, -0.15) is 0 Å². The third kappa shape index (κ3) is 3.53. The molecule has 3 heteroatoms. The molecule has 1 rings (SSSR count). The number of hydrogen-bond donors (Lipinski definition) is 2. The number of para-hydroxylation sites is 1. The number of rotatable bonds is 5. The molecule has 0 fully saturated rings. The van der Waals surface area contributed by atoms with Crippen LogP contribution >= 0.6 is 0 Å². The Bertz CT molecular complexity index is 310. The zero-order chi connectivity index (χ0) is 11.3. The van der Waals surface area contributed by atoms with E-state index in [1.165, 1.54) is 0 Å². The molecule has 0 bridgehead atoms. The molecule has 0 amide bonds. The fraction of sp³-hybridized carbons (Fsp3) is 0.500. The van der Waals surface area contributed by atoms with Gasteiger partial charge >= 0.3 is 0 Å². The molecular weight excluding hydrogens is 190 g/mol. The normalized spacial score (nSPS) is 14.7. The van der Waals surface area contributed by atoms with E-state index in [4.69, 9.17) is 15.6 Å². The highest BCUT2D eigenvalue weighted by atomic mass is 16.5. The second kappa shape index (κ2) is 5.14. The highest BCUT2D eigenvalue weighted by Crippen LogP contribution is 2.21. The van der Waals surface area contributed by atoms with Gasteiger partial charge in [0, 0.05) is 5.54 Å². The summed E-state index contributed by atoms with van der Waals surface area (Å²) < 4.78 is 5.49. The van der Waals surface area contributed by atoms with Crippen molar-refractivity contribution in [3.8, 4) is 5.75 Å². The van der Waals surface area contributed by atoms with E-state index in [0.29, 0.717) is 13.0 Å². The number of aliphatic hydroxyl groups excluding tert-OH is 1. The Labute approximate surface area is 90.9 Å². The number of benzene rings is 1. The lowest BCUT2D eigenvalue weighted by Gasteiger charge is -2.23. The predicted octanol–water partition coefficient (Wildman–Crippen LogP) is 1.34. The Morgan fingerprint density at radius 3 is 2.67 bits per heavy atom. The van der Waals surface area contributed by atoms with Crippen molar-refractivity contribution in [1.82, 2.24) is 0 Å². The number of ether oxygens (including phenoxy) is 1. The molecule has 0 heterocycles. The van der Waals surface area contributed by atoms with Crippen molar-refractivity contribution >= 4 is 0 Å². The van der Waals surface area contributed by atoms with E-state index < -0.39 is 5.54 Å². The van der Waals surface area contributed by atoms with E-state index in [2.05, 4.69) is 0 Å². The van der Waals surface area contributed by atoms with E-state index >= 15 is 0 Å². The van der Waals surface area contributed by atoms with Crippen LogP contribution in [0.3, 0.4) is 0 Å². The molecule has 0 saturated carbocycles. The minimum absolute atomic E-state index is 0.0343. The lowest BCUT2D eigenvalue weighted by molar-refractivity contribution is 0.206. The van der Waals surface area contributed by atoms with E-state index in [1.807, 2.05) is 38.1 Å². The van der Waals surface area contributed by atoms with E-state index in [9.17, 15) is 0 Å². The van der Waals surface area contributed by atoms with Crippen LogP contribution in [-0.2, 0) is 6.42 Å². The Kier molecular flexibility index (Phi) is 4.12. The standard InChI is InChI=1S/C12H19NO2/c1-3-15-11-7-5-4-6-10(11)8-12(2,13)9-14/h4-7,14H,3,8-9,13H2,1-2H3. The summed E-state index contributed by atoms with van der Waals surface area (Å²) in [7, 11) is 0. The monoisotopic (exact) mass is 209 g/mol. The Morgan fingerprint density at radius 1 is 1.40 bits per heavy atom. The number of hydrogen-bond acceptors (Lipinski definition) is 3. The highest BCUT2D eigenvalue weighted by molar-refractivity contribution is 5.34. The minimum Gasteiger partial charge on any atom is -0.494 e. The summed E-state index contributed by atoms with van der Waals surface area (Å²) in [5.74, 6) is 0.852. The molecule has 1 unspecified atom stereocenters. The quantitative estimate of drug-likeness (QED) is 0.769. The summed E-state index contributed by atoms with van der Waals surface area (Å²) in [6, 6.07) is 7.78. The summed E-state index contributed by atoms with van der Waals surface area (Å²) in [6.45, 7) is 4.38. The van der Waals surface area contributed by atoms with Crippen LogP contribution in [0, 0.1) is 0 Å². The van der Waals surface area contributed by atoms with E-state index in [-0.39, 0.29) is 6.61 Å². The molecule has 15 heavy (non-hydrogen) atoms. The van der Waals surface area contributed by atoms with E-state index in [0.717, 1.165) is 11.3 Å². The van der Waals surface area contributed by atoms with Crippen molar-refractivity contribution in [2.45, 2.75) is 25.8 Å². The molecule has 0 aliphatic heterocycles. The lowest BCUT2D eigenvalue weighted by atomic mass is 9.94. The van der Waals surface area contributed by atoms with Crippen LogP contribution in [0.25, 0.3) is 0 Å². The van der Waals surface area contributed by atoms with Crippen molar-refractivity contribution in [2.75, 3.05) is 13.2 Å². The van der Waals surface area contributed by atoms with Crippen molar-refractivity contribution in [2.24, 2.45) is 5.73 Å². The Hall–Kier alpha value is -1.06. The maximum atomic E-state index is 9.11. The minimum atomic E-state index is -0.590.